The fourth-order valence-corrected chi connectivity index (χ4v) is 5.56. The van der Waals surface area contributed by atoms with Crippen LogP contribution >= 0.6 is 12.2 Å². The number of phenols is 1. The van der Waals surface area contributed by atoms with E-state index in [9.17, 15) is 34.5 Å². The van der Waals surface area contributed by atoms with Gasteiger partial charge in [0.05, 0.1) is 41.7 Å². The molecule has 0 amide bonds. The molecule has 0 radical (unpaired) electrons. The van der Waals surface area contributed by atoms with Crippen LogP contribution in [0.15, 0.2) is 69.9 Å². The van der Waals surface area contributed by atoms with Crippen molar-refractivity contribution in [2.75, 3.05) is 13.7 Å². The zero-order valence-corrected chi connectivity index (χ0v) is 28.0. The van der Waals surface area contributed by atoms with Crippen molar-refractivity contribution in [1.29, 1.82) is 0 Å². The number of methoxy groups -OCH3 is 1. The molecule has 1 aliphatic rings. The molecular weight excluding hydrogens is 652 g/mol. The molecule has 3 N–H and O–H groups in total. The predicted octanol–water partition coefficient (Wildman–Crippen LogP) is 5.08. The maximum absolute atomic E-state index is 13.9. The standard InChI is InChI=1S/C37H36O11S/c1-4-10-26-29(17-16-25(21(2)38)33(26)40)46-18-8-6-5-7-13-28(32(39)22-11-9-12-23(19-22)35(42)45-3)31-34(41)27-15-14-24(49)20-30(27)47-36(31)48-37(43)44/h5-7,9,11-13,15-17,19-20,28,32,39-40H,4,8,10,14,18H2,1-3H3,(H,43,44)/b6-5-,13-7+/t28-,32-/m1/s1. The van der Waals surface area contributed by atoms with Crippen LogP contribution in [0.1, 0.15) is 82.5 Å². The van der Waals surface area contributed by atoms with E-state index in [1.165, 1.54) is 44.4 Å². The number of aliphatic hydroxyl groups excluding tert-OH is 1. The Hall–Kier alpha value is -5.33. The number of thiocarbonyl (C=S) groups is 1. The van der Waals surface area contributed by atoms with Crippen LogP contribution in [0.4, 0.5) is 4.79 Å². The van der Waals surface area contributed by atoms with Crippen LogP contribution in [0, 0.1) is 0 Å². The average molecular weight is 689 g/mol. The van der Waals surface area contributed by atoms with Gasteiger partial charge in [-0.3, -0.25) is 9.59 Å². The van der Waals surface area contributed by atoms with Crippen molar-refractivity contribution in [2.24, 2.45) is 0 Å². The Kier molecular flexibility index (Phi) is 12.4. The molecule has 0 bridgehead atoms. The molecule has 0 saturated carbocycles. The number of carbonyl (C=O) groups is 3. The minimum Gasteiger partial charge on any atom is -0.507 e. The minimum absolute atomic E-state index is 0.0393. The molecule has 3 aromatic rings. The first kappa shape index (κ1) is 36.5. The van der Waals surface area contributed by atoms with Crippen molar-refractivity contribution in [1.82, 2.24) is 0 Å². The number of ketones is 1. The third-order valence-electron chi connectivity index (χ3n) is 7.71. The first-order chi connectivity index (χ1) is 23.5. The highest BCUT2D eigenvalue weighted by atomic mass is 32.1. The van der Waals surface area contributed by atoms with Crippen LogP contribution in [0.2, 0.25) is 0 Å². The molecule has 12 heteroatoms. The van der Waals surface area contributed by atoms with Crippen LogP contribution in [0.5, 0.6) is 17.4 Å². The fraction of sp³-hybridized carbons (Fsp3) is 0.270. The number of Topliss-reactive ketones (excluding diaryl/α,β-unsaturated/α-hetero) is 1. The van der Waals surface area contributed by atoms with Crippen molar-refractivity contribution in [3.8, 4) is 17.4 Å². The lowest BCUT2D eigenvalue weighted by molar-refractivity contribution is 0.0599. The summed E-state index contributed by atoms with van der Waals surface area (Å²) in [6.45, 7) is 3.58. The molecule has 0 unspecified atom stereocenters. The van der Waals surface area contributed by atoms with Crippen molar-refractivity contribution >= 4 is 47.1 Å². The first-order valence-electron chi connectivity index (χ1n) is 15.5. The molecule has 4 rings (SSSR count). The van der Waals surface area contributed by atoms with E-state index in [-0.39, 0.29) is 51.0 Å². The number of esters is 1. The SMILES string of the molecule is CCCc1c(OCC/C=C\C=C\[C@H](c2c(OC(=O)O)oc3c(c2=O)=CCC(=S)C=3)[C@H](O)c2cccc(C(=O)OC)c2)ccc(C(C)=O)c1O. The number of aromatic hydroxyl groups is 1. The average Bonchev–Trinajstić information content (AvgIpc) is 3.07. The molecule has 2 atom stereocenters. The highest BCUT2D eigenvalue weighted by Gasteiger charge is 2.31. The minimum atomic E-state index is -1.73. The van der Waals surface area contributed by atoms with Crippen LogP contribution in [-0.2, 0) is 11.2 Å². The van der Waals surface area contributed by atoms with E-state index in [0.29, 0.717) is 35.4 Å². The molecule has 49 heavy (non-hydrogen) atoms. The lowest BCUT2D eigenvalue weighted by atomic mass is 9.88. The largest absolute Gasteiger partial charge is 0.513 e. The Bertz CT molecular complexity index is 2010. The van der Waals surface area contributed by atoms with Crippen molar-refractivity contribution < 1.29 is 48.3 Å². The summed E-state index contributed by atoms with van der Waals surface area (Å²) in [7, 11) is 1.22. The zero-order valence-electron chi connectivity index (χ0n) is 27.1. The van der Waals surface area contributed by atoms with E-state index >= 15 is 0 Å². The molecule has 0 spiro atoms. The third kappa shape index (κ3) is 8.78. The van der Waals surface area contributed by atoms with Crippen LogP contribution in [-0.4, -0.2) is 51.8 Å². The van der Waals surface area contributed by atoms with E-state index in [1.807, 2.05) is 6.92 Å². The number of allylic oxidation sites excluding steroid dienone is 2. The van der Waals surface area contributed by atoms with Gasteiger partial charge in [0, 0.05) is 22.8 Å². The monoisotopic (exact) mass is 688 g/mol. The summed E-state index contributed by atoms with van der Waals surface area (Å²) < 4.78 is 21.3. The summed E-state index contributed by atoms with van der Waals surface area (Å²) in [4.78, 5) is 50.1. The summed E-state index contributed by atoms with van der Waals surface area (Å²) in [6.07, 6.45) is 8.30. The summed E-state index contributed by atoms with van der Waals surface area (Å²) in [6, 6.07) is 9.19. The van der Waals surface area contributed by atoms with Gasteiger partial charge in [-0.1, -0.05) is 68.1 Å². The molecule has 1 heterocycles. The van der Waals surface area contributed by atoms with Gasteiger partial charge in [0.25, 0.3) is 0 Å². The van der Waals surface area contributed by atoms with Gasteiger partial charge in [-0.05, 0) is 55.7 Å². The fourth-order valence-electron chi connectivity index (χ4n) is 5.37. The number of fused-ring (bicyclic) bond motifs is 1. The Balaban J connectivity index is 1.67. The van der Waals surface area contributed by atoms with E-state index in [4.69, 9.17) is 30.8 Å². The smallest absolute Gasteiger partial charge is 0.507 e. The zero-order chi connectivity index (χ0) is 35.7. The van der Waals surface area contributed by atoms with Gasteiger partial charge in [0.15, 0.2) is 11.2 Å². The molecule has 0 fully saturated rings. The highest BCUT2D eigenvalue weighted by molar-refractivity contribution is 7.81. The summed E-state index contributed by atoms with van der Waals surface area (Å²) in [5.74, 6) is -2.31. The predicted molar refractivity (Wildman–Crippen MR) is 185 cm³/mol. The molecule has 1 aliphatic carbocycles. The summed E-state index contributed by atoms with van der Waals surface area (Å²) in [5, 5.41) is 31.8. The molecule has 11 nitrogen and oxygen atoms in total. The number of carbonyl (C=O) groups excluding carboxylic acids is 2. The van der Waals surface area contributed by atoms with Gasteiger partial charge in [-0.15, -0.1) is 0 Å². The second-order valence-electron chi connectivity index (χ2n) is 11.1. The van der Waals surface area contributed by atoms with Crippen molar-refractivity contribution in [3.63, 3.8) is 0 Å². The quantitative estimate of drug-likeness (QED) is 0.0676. The number of aliphatic hydroxyl groups is 1. The Morgan fingerprint density at radius 2 is 1.92 bits per heavy atom. The van der Waals surface area contributed by atoms with Crippen LogP contribution in [0.25, 0.3) is 12.2 Å². The van der Waals surface area contributed by atoms with Crippen molar-refractivity contribution in [2.45, 2.75) is 51.6 Å². The number of hydrogen-bond acceptors (Lipinski definition) is 11. The van der Waals surface area contributed by atoms with E-state index in [1.54, 1.807) is 42.5 Å². The van der Waals surface area contributed by atoms with Crippen LogP contribution in [0.3, 0.4) is 0 Å². The number of phenolic OH excluding ortho intramolecular Hbond substituents is 1. The van der Waals surface area contributed by atoms with Gasteiger partial charge in [-0.25, -0.2) is 9.59 Å². The highest BCUT2D eigenvalue weighted by Crippen LogP contribution is 2.36. The van der Waals surface area contributed by atoms with Crippen LogP contribution < -0.4 is 25.5 Å². The first-order valence-corrected chi connectivity index (χ1v) is 15.9. The lowest BCUT2D eigenvalue weighted by Crippen LogP contribution is -2.44. The van der Waals surface area contributed by atoms with Gasteiger partial charge < -0.3 is 33.9 Å². The van der Waals surface area contributed by atoms with Gasteiger partial charge in [0.1, 0.15) is 16.9 Å². The number of hydrogen-bond donors (Lipinski definition) is 3. The molecule has 1 aromatic heterocycles. The summed E-state index contributed by atoms with van der Waals surface area (Å²) in [5.41, 5.74) is 0.368. The lowest BCUT2D eigenvalue weighted by Gasteiger charge is -2.22. The molecule has 0 aliphatic heterocycles. The Morgan fingerprint density at radius 3 is 2.61 bits per heavy atom. The molecule has 0 saturated heterocycles. The van der Waals surface area contributed by atoms with Gasteiger partial charge >= 0.3 is 18.1 Å². The number of rotatable bonds is 14. The van der Waals surface area contributed by atoms with Gasteiger partial charge in [-0.2, -0.15) is 0 Å². The molecule has 256 valence electrons. The number of benzene rings is 2. The Morgan fingerprint density at radius 1 is 1.14 bits per heavy atom. The van der Waals surface area contributed by atoms with E-state index in [2.05, 4.69) is 0 Å². The van der Waals surface area contributed by atoms with E-state index < -0.39 is 35.5 Å². The maximum Gasteiger partial charge on any atom is 0.513 e. The second-order valence-corrected chi connectivity index (χ2v) is 11.6. The van der Waals surface area contributed by atoms with Crippen molar-refractivity contribution in [3.05, 3.63) is 109 Å². The Labute approximate surface area is 287 Å². The summed E-state index contributed by atoms with van der Waals surface area (Å²) >= 11 is 5.22. The maximum atomic E-state index is 13.9. The second kappa shape index (κ2) is 16.7. The topological polar surface area (TPSA) is 170 Å². The van der Waals surface area contributed by atoms with E-state index in [0.717, 1.165) is 6.42 Å². The molecular formula is C37H36O11S. The molecule has 2 aromatic carbocycles. The number of ether oxygens (including phenoxy) is 3. The normalized spacial score (nSPS) is 13.7. The third-order valence-corrected chi connectivity index (χ3v) is 7.99. The van der Waals surface area contributed by atoms with Gasteiger partial charge in [0.2, 0.25) is 0 Å². The number of carboxylic acid groups (broad SMARTS) is 1.